The molecule has 0 aliphatic heterocycles. The van der Waals surface area contributed by atoms with Gasteiger partial charge in [-0.15, -0.1) is 0 Å². The maximum atomic E-state index is 13.8. The first-order valence-corrected chi connectivity index (χ1v) is 5.63. The molecule has 1 aromatic rings. The third-order valence-electron chi connectivity index (χ3n) is 3.22. The van der Waals surface area contributed by atoms with Crippen molar-refractivity contribution in [3.63, 3.8) is 0 Å². The Labute approximate surface area is 91.6 Å². The topological polar surface area (TPSA) is 26.0 Å². The number of hydrogen-bond donors (Lipinski definition) is 1. The van der Waals surface area contributed by atoms with Crippen molar-refractivity contribution in [3.05, 3.63) is 34.1 Å². The van der Waals surface area contributed by atoms with Gasteiger partial charge < -0.3 is 5.73 Å². The molecule has 76 valence electrons. The van der Waals surface area contributed by atoms with Crippen molar-refractivity contribution in [1.82, 2.24) is 0 Å². The van der Waals surface area contributed by atoms with Gasteiger partial charge in [0.15, 0.2) is 0 Å². The average molecular weight is 258 g/mol. The van der Waals surface area contributed by atoms with Crippen molar-refractivity contribution < 1.29 is 4.39 Å². The Morgan fingerprint density at radius 2 is 2.14 bits per heavy atom. The van der Waals surface area contributed by atoms with Crippen LogP contribution in [0.15, 0.2) is 22.7 Å². The van der Waals surface area contributed by atoms with E-state index in [4.69, 9.17) is 5.73 Å². The SMILES string of the molecule is NCC1(c2cccc(Br)c2F)CCC1. The zero-order valence-electron chi connectivity index (χ0n) is 7.89. The van der Waals surface area contributed by atoms with Crippen molar-refractivity contribution in [3.8, 4) is 0 Å². The molecule has 2 rings (SSSR count). The molecule has 0 unspecified atom stereocenters. The summed E-state index contributed by atoms with van der Waals surface area (Å²) in [6.45, 7) is 0.542. The van der Waals surface area contributed by atoms with Gasteiger partial charge in [0.1, 0.15) is 5.82 Å². The summed E-state index contributed by atoms with van der Waals surface area (Å²) in [6, 6.07) is 5.45. The summed E-state index contributed by atoms with van der Waals surface area (Å²) in [6.07, 6.45) is 3.18. The molecular weight excluding hydrogens is 245 g/mol. The van der Waals surface area contributed by atoms with Gasteiger partial charge in [0.25, 0.3) is 0 Å². The van der Waals surface area contributed by atoms with E-state index in [1.165, 1.54) is 0 Å². The van der Waals surface area contributed by atoms with E-state index in [9.17, 15) is 4.39 Å². The van der Waals surface area contributed by atoms with Crippen LogP contribution in [0.4, 0.5) is 4.39 Å². The van der Waals surface area contributed by atoms with Crippen LogP contribution in [0.5, 0.6) is 0 Å². The van der Waals surface area contributed by atoms with E-state index in [0.717, 1.165) is 24.8 Å². The summed E-state index contributed by atoms with van der Waals surface area (Å²) in [7, 11) is 0. The second-order valence-electron chi connectivity index (χ2n) is 3.94. The normalized spacial score (nSPS) is 19.1. The molecule has 1 saturated carbocycles. The fourth-order valence-electron chi connectivity index (χ4n) is 2.10. The van der Waals surface area contributed by atoms with Gasteiger partial charge in [-0.2, -0.15) is 0 Å². The summed E-state index contributed by atoms with van der Waals surface area (Å²) < 4.78 is 14.3. The molecule has 0 atom stereocenters. The highest BCUT2D eigenvalue weighted by Gasteiger charge is 2.39. The van der Waals surface area contributed by atoms with E-state index >= 15 is 0 Å². The summed E-state index contributed by atoms with van der Waals surface area (Å²) in [4.78, 5) is 0. The maximum Gasteiger partial charge on any atom is 0.141 e. The van der Waals surface area contributed by atoms with Gasteiger partial charge in [-0.3, -0.25) is 0 Å². The second kappa shape index (κ2) is 3.63. The monoisotopic (exact) mass is 257 g/mol. The standard InChI is InChI=1S/C11H13BrFN/c12-9-4-1-3-8(10(9)13)11(7-14)5-2-6-11/h1,3-4H,2,5-7,14H2. The summed E-state index contributed by atoms with van der Waals surface area (Å²) in [5.74, 6) is -0.141. The van der Waals surface area contributed by atoms with Crippen LogP contribution in [0, 0.1) is 5.82 Å². The molecule has 1 fully saturated rings. The third kappa shape index (κ3) is 1.39. The highest BCUT2D eigenvalue weighted by molar-refractivity contribution is 9.10. The van der Waals surface area contributed by atoms with E-state index < -0.39 is 0 Å². The lowest BCUT2D eigenvalue weighted by molar-refractivity contribution is 0.244. The van der Waals surface area contributed by atoms with Crippen LogP contribution in [0.1, 0.15) is 24.8 Å². The van der Waals surface area contributed by atoms with Crippen LogP contribution in [0.25, 0.3) is 0 Å². The fraction of sp³-hybridized carbons (Fsp3) is 0.455. The van der Waals surface area contributed by atoms with Crippen LogP contribution < -0.4 is 5.73 Å². The molecule has 14 heavy (non-hydrogen) atoms. The van der Waals surface area contributed by atoms with Crippen molar-refractivity contribution in [1.29, 1.82) is 0 Å². The molecule has 2 N–H and O–H groups in total. The smallest absolute Gasteiger partial charge is 0.141 e. The molecule has 0 radical (unpaired) electrons. The van der Waals surface area contributed by atoms with Crippen molar-refractivity contribution >= 4 is 15.9 Å². The van der Waals surface area contributed by atoms with Gasteiger partial charge in [-0.25, -0.2) is 4.39 Å². The Morgan fingerprint density at radius 1 is 1.43 bits per heavy atom. The van der Waals surface area contributed by atoms with Gasteiger partial charge in [-0.1, -0.05) is 18.6 Å². The number of benzene rings is 1. The lowest BCUT2D eigenvalue weighted by Gasteiger charge is -2.41. The molecule has 0 amide bonds. The highest BCUT2D eigenvalue weighted by atomic mass is 79.9. The highest BCUT2D eigenvalue weighted by Crippen LogP contribution is 2.44. The van der Waals surface area contributed by atoms with Gasteiger partial charge in [0.2, 0.25) is 0 Å². The first-order valence-electron chi connectivity index (χ1n) is 4.84. The molecule has 0 heterocycles. The minimum atomic E-state index is -0.141. The van der Waals surface area contributed by atoms with Gasteiger partial charge >= 0.3 is 0 Å². The quantitative estimate of drug-likeness (QED) is 0.867. The average Bonchev–Trinajstić information content (AvgIpc) is 2.11. The number of rotatable bonds is 2. The molecule has 1 aliphatic carbocycles. The Balaban J connectivity index is 2.45. The lowest BCUT2D eigenvalue weighted by atomic mass is 9.64. The van der Waals surface area contributed by atoms with Crippen molar-refractivity contribution in [2.45, 2.75) is 24.7 Å². The van der Waals surface area contributed by atoms with Crippen LogP contribution in [0.2, 0.25) is 0 Å². The minimum Gasteiger partial charge on any atom is -0.330 e. The van der Waals surface area contributed by atoms with Crippen LogP contribution in [0.3, 0.4) is 0 Å². The molecule has 1 nitrogen and oxygen atoms in total. The van der Waals surface area contributed by atoms with Gasteiger partial charge in [-0.05, 0) is 40.4 Å². The molecule has 1 aromatic carbocycles. The Kier molecular flexibility index (Phi) is 2.62. The van der Waals surface area contributed by atoms with Crippen LogP contribution >= 0.6 is 15.9 Å². The van der Waals surface area contributed by atoms with Crippen molar-refractivity contribution in [2.24, 2.45) is 5.73 Å². The van der Waals surface area contributed by atoms with E-state index in [1.54, 1.807) is 6.07 Å². The van der Waals surface area contributed by atoms with E-state index in [1.807, 2.05) is 12.1 Å². The second-order valence-corrected chi connectivity index (χ2v) is 4.79. The lowest BCUT2D eigenvalue weighted by Crippen LogP contribution is -2.42. The molecule has 0 bridgehead atoms. The third-order valence-corrected chi connectivity index (χ3v) is 3.84. The molecule has 1 aliphatic rings. The van der Waals surface area contributed by atoms with Crippen LogP contribution in [-0.2, 0) is 5.41 Å². The summed E-state index contributed by atoms with van der Waals surface area (Å²) in [5.41, 5.74) is 6.43. The van der Waals surface area contributed by atoms with Crippen molar-refractivity contribution in [2.75, 3.05) is 6.54 Å². The molecule has 0 saturated heterocycles. The number of halogens is 2. The zero-order chi connectivity index (χ0) is 10.2. The Hall–Kier alpha value is -0.410. The predicted octanol–water partition coefficient (Wildman–Crippen LogP) is 2.97. The van der Waals surface area contributed by atoms with E-state index in [0.29, 0.717) is 11.0 Å². The number of hydrogen-bond acceptors (Lipinski definition) is 1. The largest absolute Gasteiger partial charge is 0.330 e. The Bertz CT molecular complexity index is 342. The molecular formula is C11H13BrFN. The van der Waals surface area contributed by atoms with Gasteiger partial charge in [0.05, 0.1) is 4.47 Å². The Morgan fingerprint density at radius 3 is 2.64 bits per heavy atom. The van der Waals surface area contributed by atoms with Crippen LogP contribution in [-0.4, -0.2) is 6.54 Å². The van der Waals surface area contributed by atoms with E-state index in [2.05, 4.69) is 15.9 Å². The van der Waals surface area contributed by atoms with Gasteiger partial charge in [0, 0.05) is 12.0 Å². The first-order chi connectivity index (χ1) is 6.69. The van der Waals surface area contributed by atoms with E-state index in [-0.39, 0.29) is 11.2 Å². The molecule has 0 aromatic heterocycles. The first kappa shape index (κ1) is 10.1. The summed E-state index contributed by atoms with van der Waals surface area (Å²) >= 11 is 3.21. The number of nitrogens with two attached hydrogens (primary N) is 1. The minimum absolute atomic E-state index is 0.0894. The molecule has 3 heteroatoms. The maximum absolute atomic E-state index is 13.8. The fourth-order valence-corrected chi connectivity index (χ4v) is 2.47. The zero-order valence-corrected chi connectivity index (χ0v) is 9.48. The molecule has 0 spiro atoms. The summed E-state index contributed by atoms with van der Waals surface area (Å²) in [5, 5.41) is 0. The predicted molar refractivity (Wildman–Crippen MR) is 58.7 cm³/mol.